The van der Waals surface area contributed by atoms with Gasteiger partial charge in [-0.15, -0.1) is 9.19 Å². The van der Waals surface area contributed by atoms with Crippen molar-refractivity contribution in [3.05, 3.63) is 46.8 Å². The lowest BCUT2D eigenvalue weighted by Crippen LogP contribution is -2.19. The zero-order chi connectivity index (χ0) is 16.6. The molecular formula is C15H15N3O4S. The molecule has 1 heterocycles. The summed E-state index contributed by atoms with van der Waals surface area (Å²) in [6, 6.07) is 6.53. The minimum Gasteiger partial charge on any atom is -0.466 e. The summed E-state index contributed by atoms with van der Waals surface area (Å²) in [5.74, 6) is -0.438. The van der Waals surface area contributed by atoms with Crippen LogP contribution in [0.4, 0.5) is 0 Å². The number of fused-ring (bicyclic) bond motifs is 1. The quantitative estimate of drug-likeness (QED) is 0.787. The third-order valence-electron chi connectivity index (χ3n) is 3.70. The molecule has 0 amide bonds. The molecule has 1 aromatic carbocycles. The molecule has 0 atom stereocenters. The second kappa shape index (κ2) is 5.62. The smallest absolute Gasteiger partial charge is 0.333 e. The molecule has 1 aromatic heterocycles. The Bertz CT molecular complexity index is 895. The average molecular weight is 333 g/mol. The summed E-state index contributed by atoms with van der Waals surface area (Å²) in [6.45, 7) is 1.88. The van der Waals surface area contributed by atoms with E-state index in [0.717, 1.165) is 9.65 Å². The molecule has 0 saturated carbocycles. The van der Waals surface area contributed by atoms with Crippen LogP contribution < -0.4 is 0 Å². The van der Waals surface area contributed by atoms with Crippen molar-refractivity contribution in [2.45, 2.75) is 24.7 Å². The molecule has 3 rings (SSSR count). The SMILES string of the molecule is COC(=O)C1=Cc2nnn(S(=O)(=O)c3ccc(C)cc3)c2CC1. The molecule has 7 nitrogen and oxygen atoms in total. The van der Waals surface area contributed by atoms with Gasteiger partial charge < -0.3 is 4.74 Å². The largest absolute Gasteiger partial charge is 0.466 e. The van der Waals surface area contributed by atoms with Gasteiger partial charge in [-0.05, 0) is 38.0 Å². The Morgan fingerprint density at radius 1 is 1.22 bits per heavy atom. The number of nitrogens with zero attached hydrogens (tertiary/aromatic N) is 3. The highest BCUT2D eigenvalue weighted by Crippen LogP contribution is 2.25. The maximum absolute atomic E-state index is 12.7. The first-order chi connectivity index (χ1) is 10.9. The molecule has 0 saturated heterocycles. The normalized spacial score (nSPS) is 14.1. The molecule has 0 fully saturated rings. The molecule has 2 aromatic rings. The third kappa shape index (κ3) is 2.65. The molecular weight excluding hydrogens is 318 g/mol. The molecule has 0 spiro atoms. The van der Waals surface area contributed by atoms with Gasteiger partial charge >= 0.3 is 5.97 Å². The van der Waals surface area contributed by atoms with E-state index in [0.29, 0.717) is 29.8 Å². The van der Waals surface area contributed by atoms with Crippen LogP contribution in [0.1, 0.15) is 23.4 Å². The minimum atomic E-state index is -3.80. The molecule has 0 radical (unpaired) electrons. The fourth-order valence-electron chi connectivity index (χ4n) is 2.42. The molecule has 1 aliphatic carbocycles. The van der Waals surface area contributed by atoms with Crippen LogP contribution in [0.15, 0.2) is 34.7 Å². The Balaban J connectivity index is 2.04. The molecule has 0 unspecified atom stereocenters. The van der Waals surface area contributed by atoms with E-state index < -0.39 is 16.0 Å². The topological polar surface area (TPSA) is 91.2 Å². The lowest BCUT2D eigenvalue weighted by atomic mass is 10.0. The van der Waals surface area contributed by atoms with Gasteiger partial charge in [0.1, 0.15) is 5.69 Å². The van der Waals surface area contributed by atoms with Crippen molar-refractivity contribution in [3.8, 4) is 0 Å². The number of rotatable bonds is 3. The number of hydrogen-bond donors (Lipinski definition) is 0. The van der Waals surface area contributed by atoms with Gasteiger partial charge in [-0.2, -0.15) is 8.42 Å². The number of carbonyl (C=O) groups is 1. The number of aryl methyl sites for hydroxylation is 1. The van der Waals surface area contributed by atoms with E-state index in [9.17, 15) is 13.2 Å². The summed E-state index contributed by atoms with van der Waals surface area (Å²) in [5, 5.41) is 7.65. The van der Waals surface area contributed by atoms with Crippen LogP contribution in [0.5, 0.6) is 0 Å². The maximum atomic E-state index is 12.7. The van der Waals surface area contributed by atoms with Gasteiger partial charge in [0.05, 0.1) is 17.7 Å². The summed E-state index contributed by atoms with van der Waals surface area (Å²) in [6.07, 6.45) is 2.27. The first-order valence-electron chi connectivity index (χ1n) is 6.99. The highest BCUT2D eigenvalue weighted by atomic mass is 32.2. The van der Waals surface area contributed by atoms with E-state index in [1.807, 2.05) is 6.92 Å². The van der Waals surface area contributed by atoms with Gasteiger partial charge in [-0.25, -0.2) is 4.79 Å². The Labute approximate surface area is 133 Å². The lowest BCUT2D eigenvalue weighted by molar-refractivity contribution is -0.136. The molecule has 0 aliphatic heterocycles. The average Bonchev–Trinajstić information content (AvgIpc) is 2.98. The highest BCUT2D eigenvalue weighted by Gasteiger charge is 2.28. The fraction of sp³-hybridized carbons (Fsp3) is 0.267. The zero-order valence-electron chi connectivity index (χ0n) is 12.7. The van der Waals surface area contributed by atoms with E-state index in [1.54, 1.807) is 12.1 Å². The van der Waals surface area contributed by atoms with Crippen LogP contribution in [0, 0.1) is 6.92 Å². The van der Waals surface area contributed by atoms with E-state index in [1.165, 1.54) is 25.3 Å². The number of hydrogen-bond acceptors (Lipinski definition) is 6. The van der Waals surface area contributed by atoms with Crippen LogP contribution >= 0.6 is 0 Å². The second-order valence-electron chi connectivity index (χ2n) is 5.24. The number of esters is 1. The summed E-state index contributed by atoms with van der Waals surface area (Å²) in [7, 11) is -2.50. The van der Waals surface area contributed by atoms with Gasteiger partial charge in [0, 0.05) is 5.57 Å². The standard InChI is InChI=1S/C15H15N3O4S/c1-10-3-6-12(7-4-10)23(20,21)18-14-8-5-11(15(19)22-2)9-13(14)16-17-18/h3-4,6-7,9H,5,8H2,1-2H3. The van der Waals surface area contributed by atoms with Crippen molar-refractivity contribution in [3.63, 3.8) is 0 Å². The lowest BCUT2D eigenvalue weighted by Gasteiger charge is -2.13. The predicted molar refractivity (Wildman–Crippen MR) is 82.1 cm³/mol. The minimum absolute atomic E-state index is 0.151. The van der Waals surface area contributed by atoms with Crippen LogP contribution in [-0.2, 0) is 26.0 Å². The number of methoxy groups -OCH3 is 1. The van der Waals surface area contributed by atoms with E-state index >= 15 is 0 Å². The number of benzene rings is 1. The number of ether oxygens (including phenoxy) is 1. The first-order valence-corrected chi connectivity index (χ1v) is 8.43. The van der Waals surface area contributed by atoms with E-state index in [4.69, 9.17) is 0 Å². The number of carbonyl (C=O) groups excluding carboxylic acids is 1. The maximum Gasteiger partial charge on any atom is 0.333 e. The number of aromatic nitrogens is 3. The van der Waals surface area contributed by atoms with Crippen molar-refractivity contribution in [1.29, 1.82) is 0 Å². The van der Waals surface area contributed by atoms with Crippen molar-refractivity contribution in [1.82, 2.24) is 14.4 Å². The third-order valence-corrected chi connectivity index (χ3v) is 5.31. The van der Waals surface area contributed by atoms with Crippen molar-refractivity contribution in [2.75, 3.05) is 7.11 Å². The van der Waals surface area contributed by atoms with Gasteiger partial charge in [0.25, 0.3) is 10.0 Å². The van der Waals surface area contributed by atoms with Gasteiger partial charge in [0.15, 0.2) is 0 Å². The molecule has 0 bridgehead atoms. The monoisotopic (exact) mass is 333 g/mol. The molecule has 0 N–H and O–H groups in total. The fourth-order valence-corrected chi connectivity index (χ4v) is 3.71. The zero-order valence-corrected chi connectivity index (χ0v) is 13.5. The molecule has 120 valence electrons. The summed E-state index contributed by atoms with van der Waals surface area (Å²) >= 11 is 0. The summed E-state index contributed by atoms with van der Waals surface area (Å²) in [5.41, 5.74) is 2.28. The van der Waals surface area contributed by atoms with E-state index in [2.05, 4.69) is 15.0 Å². The first kappa shape index (κ1) is 15.4. The Hall–Kier alpha value is -2.48. The summed E-state index contributed by atoms with van der Waals surface area (Å²) in [4.78, 5) is 11.7. The molecule has 8 heteroatoms. The molecule has 1 aliphatic rings. The van der Waals surface area contributed by atoms with Crippen LogP contribution in [0.3, 0.4) is 0 Å². The van der Waals surface area contributed by atoms with Crippen LogP contribution in [0.2, 0.25) is 0 Å². The highest BCUT2D eigenvalue weighted by molar-refractivity contribution is 7.89. The predicted octanol–water partition coefficient (Wildman–Crippen LogP) is 1.33. The van der Waals surface area contributed by atoms with Crippen LogP contribution in [0.25, 0.3) is 6.08 Å². The molecule has 23 heavy (non-hydrogen) atoms. The summed E-state index contributed by atoms with van der Waals surface area (Å²) < 4.78 is 31.0. The Morgan fingerprint density at radius 2 is 1.91 bits per heavy atom. The Kier molecular flexibility index (Phi) is 3.77. The van der Waals surface area contributed by atoms with Crippen LogP contribution in [-0.4, -0.2) is 35.9 Å². The van der Waals surface area contributed by atoms with Gasteiger partial charge in [-0.1, -0.05) is 22.9 Å². The van der Waals surface area contributed by atoms with E-state index in [-0.39, 0.29) is 4.90 Å². The Morgan fingerprint density at radius 3 is 2.57 bits per heavy atom. The van der Waals surface area contributed by atoms with Crippen molar-refractivity contribution in [2.24, 2.45) is 0 Å². The second-order valence-corrected chi connectivity index (χ2v) is 7.01. The van der Waals surface area contributed by atoms with Gasteiger partial charge in [-0.3, -0.25) is 0 Å². The van der Waals surface area contributed by atoms with Crippen molar-refractivity contribution < 1.29 is 17.9 Å². The van der Waals surface area contributed by atoms with Crippen molar-refractivity contribution >= 4 is 22.1 Å². The van der Waals surface area contributed by atoms with Gasteiger partial charge in [0.2, 0.25) is 0 Å².